The van der Waals surface area contributed by atoms with Crippen LogP contribution in [0.5, 0.6) is 5.75 Å². The van der Waals surface area contributed by atoms with E-state index in [-0.39, 0.29) is 5.91 Å². The van der Waals surface area contributed by atoms with Crippen molar-refractivity contribution in [1.82, 2.24) is 15.0 Å². The van der Waals surface area contributed by atoms with Gasteiger partial charge in [0.05, 0.1) is 5.69 Å². The summed E-state index contributed by atoms with van der Waals surface area (Å²) in [6, 6.07) is 11.0. The molecule has 0 bridgehead atoms. The fraction of sp³-hybridized carbons (Fsp3) is 0.143. The maximum absolute atomic E-state index is 12.8. The molecule has 0 atom stereocenters. The Bertz CT molecular complexity index is 1140. The van der Waals surface area contributed by atoms with Gasteiger partial charge in [0.25, 0.3) is 5.91 Å². The minimum Gasteiger partial charge on any atom is -0.485 e. The van der Waals surface area contributed by atoms with E-state index in [4.69, 9.17) is 9.15 Å². The molecule has 1 N–H and O–H groups in total. The quantitative estimate of drug-likeness (QED) is 0.502. The maximum Gasteiger partial charge on any atom is 0.268 e. The molecule has 0 radical (unpaired) electrons. The zero-order valence-corrected chi connectivity index (χ0v) is 16.7. The van der Waals surface area contributed by atoms with Crippen LogP contribution in [0.15, 0.2) is 59.4 Å². The second kappa shape index (κ2) is 8.24. The van der Waals surface area contributed by atoms with E-state index in [0.29, 0.717) is 39.5 Å². The molecule has 0 aliphatic rings. The van der Waals surface area contributed by atoms with Crippen molar-refractivity contribution in [3.8, 4) is 16.5 Å². The number of ether oxygens (including phenoxy) is 1. The number of rotatable bonds is 6. The van der Waals surface area contributed by atoms with E-state index in [9.17, 15) is 4.79 Å². The lowest BCUT2D eigenvalue weighted by molar-refractivity contribution is 0.102. The molecule has 0 fully saturated rings. The predicted octanol–water partition coefficient (Wildman–Crippen LogP) is 4.64. The molecule has 0 aromatic carbocycles. The molecule has 8 heteroatoms. The molecule has 4 rings (SSSR count). The molecule has 4 heterocycles. The number of aryl methyl sites for hydroxylation is 2. The van der Waals surface area contributed by atoms with Gasteiger partial charge in [-0.1, -0.05) is 0 Å². The first kappa shape index (κ1) is 18.8. The summed E-state index contributed by atoms with van der Waals surface area (Å²) in [6.45, 7) is 4.01. The number of anilines is 1. The fourth-order valence-corrected chi connectivity index (χ4v) is 3.59. The number of thiazole rings is 1. The molecule has 4 aromatic rings. The van der Waals surface area contributed by atoms with Crippen LogP contribution in [0.25, 0.3) is 10.8 Å². The number of aromatic nitrogens is 3. The Labute approximate surface area is 171 Å². The van der Waals surface area contributed by atoms with Gasteiger partial charge in [-0.25, -0.2) is 9.97 Å². The van der Waals surface area contributed by atoms with Gasteiger partial charge in [-0.3, -0.25) is 9.78 Å². The van der Waals surface area contributed by atoms with Crippen molar-refractivity contribution < 1.29 is 13.9 Å². The second-order valence-corrected chi connectivity index (χ2v) is 7.29. The molecule has 0 spiro atoms. The van der Waals surface area contributed by atoms with Crippen LogP contribution in [0.1, 0.15) is 26.7 Å². The third-order valence-electron chi connectivity index (χ3n) is 4.10. The summed E-state index contributed by atoms with van der Waals surface area (Å²) in [5.74, 6) is 2.00. The van der Waals surface area contributed by atoms with Gasteiger partial charge in [-0.05, 0) is 55.8 Å². The largest absolute Gasteiger partial charge is 0.485 e. The van der Waals surface area contributed by atoms with Gasteiger partial charge in [0.1, 0.15) is 17.2 Å². The average molecular weight is 406 g/mol. The molecular weight excluding hydrogens is 388 g/mol. The molecule has 29 heavy (non-hydrogen) atoms. The number of furan rings is 1. The first-order valence-corrected chi connectivity index (χ1v) is 9.74. The lowest BCUT2D eigenvalue weighted by Gasteiger charge is -2.11. The molecular formula is C21H18N4O3S. The highest BCUT2D eigenvalue weighted by Crippen LogP contribution is 2.30. The van der Waals surface area contributed by atoms with Crippen LogP contribution in [0.4, 0.5) is 5.82 Å². The second-order valence-electron chi connectivity index (χ2n) is 6.29. The zero-order valence-electron chi connectivity index (χ0n) is 15.9. The predicted molar refractivity (Wildman–Crippen MR) is 110 cm³/mol. The van der Waals surface area contributed by atoms with Gasteiger partial charge in [-0.2, -0.15) is 0 Å². The first-order chi connectivity index (χ1) is 14.1. The third kappa shape index (κ3) is 4.33. The van der Waals surface area contributed by atoms with Gasteiger partial charge in [0.15, 0.2) is 22.3 Å². The molecule has 146 valence electrons. The van der Waals surface area contributed by atoms with Gasteiger partial charge < -0.3 is 14.5 Å². The molecule has 0 saturated heterocycles. The van der Waals surface area contributed by atoms with Gasteiger partial charge in [-0.15, -0.1) is 11.3 Å². The topological polar surface area (TPSA) is 90.1 Å². The van der Waals surface area contributed by atoms with E-state index in [0.717, 1.165) is 11.3 Å². The minimum atomic E-state index is -0.290. The number of carbonyl (C=O) groups excluding carboxylic acids is 1. The highest BCUT2D eigenvalue weighted by Gasteiger charge is 2.19. The number of carbonyl (C=O) groups is 1. The van der Waals surface area contributed by atoms with Crippen molar-refractivity contribution in [1.29, 1.82) is 0 Å². The van der Waals surface area contributed by atoms with Crippen molar-refractivity contribution >= 4 is 23.1 Å². The van der Waals surface area contributed by atoms with E-state index >= 15 is 0 Å². The summed E-state index contributed by atoms with van der Waals surface area (Å²) in [5.41, 5.74) is 1.60. The summed E-state index contributed by atoms with van der Waals surface area (Å²) in [6.07, 6.45) is 5.01. The van der Waals surface area contributed by atoms with E-state index in [1.54, 1.807) is 37.6 Å². The lowest BCUT2D eigenvalue weighted by atomic mass is 10.3. The Kier molecular flexibility index (Phi) is 5.35. The molecule has 0 aliphatic heterocycles. The van der Waals surface area contributed by atoms with E-state index in [2.05, 4.69) is 20.3 Å². The Morgan fingerprint density at radius 3 is 2.72 bits per heavy atom. The molecule has 7 nitrogen and oxygen atoms in total. The highest BCUT2D eigenvalue weighted by atomic mass is 32.1. The highest BCUT2D eigenvalue weighted by molar-refractivity contribution is 7.17. The van der Waals surface area contributed by atoms with Gasteiger partial charge in [0.2, 0.25) is 0 Å². The van der Waals surface area contributed by atoms with Crippen molar-refractivity contribution in [2.45, 2.75) is 20.5 Å². The summed E-state index contributed by atoms with van der Waals surface area (Å²) in [5, 5.41) is 3.49. The SMILES string of the molecule is Cc1ccc(-c2nc(C)c(C(=O)Nc3ncccc3OCc3ccncc3)s2)o1. The monoisotopic (exact) mass is 406 g/mol. The number of amides is 1. The molecule has 0 unspecified atom stereocenters. The number of pyridine rings is 2. The fourth-order valence-electron chi connectivity index (χ4n) is 2.67. The Balaban J connectivity index is 1.51. The average Bonchev–Trinajstić information content (AvgIpc) is 3.33. The van der Waals surface area contributed by atoms with Crippen LogP contribution >= 0.6 is 11.3 Å². The lowest BCUT2D eigenvalue weighted by Crippen LogP contribution is -2.13. The molecule has 0 aliphatic carbocycles. The normalized spacial score (nSPS) is 10.7. The minimum absolute atomic E-state index is 0.290. The van der Waals surface area contributed by atoms with E-state index < -0.39 is 0 Å². The number of nitrogens with zero attached hydrogens (tertiary/aromatic N) is 3. The van der Waals surface area contributed by atoms with Crippen molar-refractivity contribution in [3.05, 3.63) is 76.9 Å². The van der Waals surface area contributed by atoms with Gasteiger partial charge in [0, 0.05) is 18.6 Å². The smallest absolute Gasteiger partial charge is 0.268 e. The standard InChI is InChI=1S/C21H18N4O3S/c1-13-5-6-17(28-13)21-24-14(2)18(29-21)20(26)25-19-16(4-3-9-23-19)27-12-15-7-10-22-11-8-15/h3-11H,12H2,1-2H3,(H,23,25,26). The Morgan fingerprint density at radius 2 is 1.97 bits per heavy atom. The molecule has 4 aromatic heterocycles. The third-order valence-corrected chi connectivity index (χ3v) is 5.27. The number of hydrogen-bond acceptors (Lipinski definition) is 7. The van der Waals surface area contributed by atoms with Gasteiger partial charge >= 0.3 is 0 Å². The molecule has 1 amide bonds. The Morgan fingerprint density at radius 1 is 1.14 bits per heavy atom. The van der Waals surface area contributed by atoms with Crippen LogP contribution in [0.3, 0.4) is 0 Å². The summed E-state index contributed by atoms with van der Waals surface area (Å²) >= 11 is 1.28. The van der Waals surface area contributed by atoms with E-state index in [1.807, 2.05) is 31.2 Å². The van der Waals surface area contributed by atoms with Crippen LogP contribution in [-0.2, 0) is 6.61 Å². The first-order valence-electron chi connectivity index (χ1n) is 8.92. The van der Waals surface area contributed by atoms with Crippen LogP contribution in [0, 0.1) is 13.8 Å². The summed E-state index contributed by atoms with van der Waals surface area (Å²) in [4.78, 5) is 26.0. The molecule has 0 saturated carbocycles. The zero-order chi connectivity index (χ0) is 20.2. The maximum atomic E-state index is 12.8. The van der Waals surface area contributed by atoms with Crippen LogP contribution in [-0.4, -0.2) is 20.9 Å². The summed E-state index contributed by atoms with van der Waals surface area (Å²) in [7, 11) is 0. The summed E-state index contributed by atoms with van der Waals surface area (Å²) < 4.78 is 11.4. The van der Waals surface area contributed by atoms with E-state index in [1.165, 1.54) is 11.3 Å². The number of nitrogens with one attached hydrogen (secondary N) is 1. The van der Waals surface area contributed by atoms with Crippen LogP contribution < -0.4 is 10.1 Å². The van der Waals surface area contributed by atoms with Crippen molar-refractivity contribution in [2.24, 2.45) is 0 Å². The van der Waals surface area contributed by atoms with Crippen molar-refractivity contribution in [3.63, 3.8) is 0 Å². The number of hydrogen-bond donors (Lipinski definition) is 1. The Hall–Kier alpha value is -3.52. The van der Waals surface area contributed by atoms with Crippen molar-refractivity contribution in [2.75, 3.05) is 5.32 Å². The van der Waals surface area contributed by atoms with Crippen LogP contribution in [0.2, 0.25) is 0 Å².